The predicted molar refractivity (Wildman–Crippen MR) is 115 cm³/mol. The van der Waals surface area contributed by atoms with E-state index in [4.69, 9.17) is 10.5 Å². The van der Waals surface area contributed by atoms with Crippen LogP contribution in [-0.2, 0) is 4.74 Å². The summed E-state index contributed by atoms with van der Waals surface area (Å²) in [5.41, 5.74) is 7.02. The van der Waals surface area contributed by atoms with Crippen LogP contribution in [0.4, 0.5) is 14.5 Å². The molecule has 2 fully saturated rings. The third-order valence-electron chi connectivity index (χ3n) is 6.14. The summed E-state index contributed by atoms with van der Waals surface area (Å²) < 4.78 is 38.6. The molecular weight excluding hydrogens is 418 g/mol. The number of halogens is 2. The highest BCUT2D eigenvalue weighted by molar-refractivity contribution is 5.99. The molecule has 1 saturated carbocycles. The van der Waals surface area contributed by atoms with E-state index in [2.05, 4.69) is 4.74 Å². The number of nitrogens with two attached hydrogens (primary N) is 1. The lowest BCUT2D eigenvalue weighted by Crippen LogP contribution is -2.40. The Labute approximate surface area is 185 Å². The number of rotatable bonds is 6. The molecule has 1 aliphatic heterocycles. The first-order valence-corrected chi connectivity index (χ1v) is 10.8. The Balaban J connectivity index is 1.37. The molecule has 1 amide bonds. The highest BCUT2D eigenvalue weighted by atomic mass is 19.1. The molecule has 4 rings (SSSR count). The zero-order valence-electron chi connectivity index (χ0n) is 17.9. The van der Waals surface area contributed by atoms with Crippen molar-refractivity contribution in [2.24, 2.45) is 5.92 Å². The number of amides is 1. The third-order valence-corrected chi connectivity index (χ3v) is 6.14. The van der Waals surface area contributed by atoms with Crippen molar-refractivity contribution in [1.29, 1.82) is 0 Å². The van der Waals surface area contributed by atoms with Crippen LogP contribution in [0.15, 0.2) is 30.3 Å². The minimum absolute atomic E-state index is 0.0785. The van der Waals surface area contributed by atoms with Gasteiger partial charge in [0.25, 0.3) is 5.91 Å². The van der Waals surface area contributed by atoms with Crippen molar-refractivity contribution in [3.63, 3.8) is 0 Å². The second kappa shape index (κ2) is 9.14. The van der Waals surface area contributed by atoms with Crippen molar-refractivity contribution in [2.45, 2.75) is 31.6 Å². The summed E-state index contributed by atoms with van der Waals surface area (Å²) in [6.07, 6.45) is 3.38. The van der Waals surface area contributed by atoms with Crippen LogP contribution in [0.2, 0.25) is 0 Å². The molecule has 8 heteroatoms. The molecule has 1 heterocycles. The highest BCUT2D eigenvalue weighted by Crippen LogP contribution is 2.45. The fraction of sp³-hybridized carbons (Fsp3) is 0.417. The number of esters is 1. The van der Waals surface area contributed by atoms with Crippen molar-refractivity contribution < 1.29 is 27.8 Å². The first-order chi connectivity index (χ1) is 15.4. The number of benzene rings is 2. The maximum Gasteiger partial charge on any atom is 0.340 e. The first kappa shape index (κ1) is 22.0. The molecule has 6 nitrogen and oxygen atoms in total. The van der Waals surface area contributed by atoms with E-state index >= 15 is 0 Å². The van der Waals surface area contributed by atoms with Gasteiger partial charge in [-0.1, -0.05) is 0 Å². The fourth-order valence-corrected chi connectivity index (χ4v) is 4.07. The smallest absolute Gasteiger partial charge is 0.340 e. The molecule has 1 saturated heterocycles. The maximum absolute atomic E-state index is 14.4. The number of methoxy groups -OCH3 is 1. The molecule has 0 radical (unpaired) electrons. The molecule has 0 atom stereocenters. The van der Waals surface area contributed by atoms with Crippen LogP contribution in [0.5, 0.6) is 5.75 Å². The van der Waals surface area contributed by atoms with Crippen molar-refractivity contribution in [1.82, 2.24) is 4.90 Å². The Bertz CT molecular complexity index is 1030. The number of carbonyl (C=O) groups excluding carboxylic acids is 2. The van der Waals surface area contributed by atoms with E-state index in [0.717, 1.165) is 18.4 Å². The Morgan fingerprint density at radius 1 is 1.06 bits per heavy atom. The first-order valence-electron chi connectivity index (χ1n) is 10.8. The zero-order chi connectivity index (χ0) is 22.8. The van der Waals surface area contributed by atoms with Crippen LogP contribution in [-0.4, -0.2) is 43.6 Å². The van der Waals surface area contributed by atoms with Gasteiger partial charge in [-0.05, 0) is 67.3 Å². The standard InChI is InChI=1S/C24H26F2N2O4/c1-31-24(30)18-11-17(15-2-3-15)22(12-20(18)26)32-13-14-6-8-28(9-7-14)23(29)19-10-16(25)4-5-21(19)27/h4-5,10-12,14-15H,2-3,6-9,13,27H2,1H3. The molecule has 32 heavy (non-hydrogen) atoms. The highest BCUT2D eigenvalue weighted by Gasteiger charge is 2.31. The molecular formula is C24H26F2N2O4. The van der Waals surface area contributed by atoms with E-state index in [1.165, 1.54) is 31.4 Å². The van der Waals surface area contributed by atoms with E-state index in [1.54, 1.807) is 11.0 Å². The topological polar surface area (TPSA) is 81.9 Å². The van der Waals surface area contributed by atoms with Gasteiger partial charge in [0.15, 0.2) is 0 Å². The minimum atomic E-state index is -0.702. The zero-order valence-corrected chi connectivity index (χ0v) is 17.9. The van der Waals surface area contributed by atoms with Crippen molar-refractivity contribution >= 4 is 17.6 Å². The van der Waals surface area contributed by atoms with Crippen molar-refractivity contribution in [3.05, 3.63) is 58.7 Å². The van der Waals surface area contributed by atoms with Gasteiger partial charge in [0.1, 0.15) is 17.4 Å². The number of piperidine rings is 1. The van der Waals surface area contributed by atoms with Crippen molar-refractivity contribution in [2.75, 3.05) is 32.5 Å². The van der Waals surface area contributed by atoms with Crippen molar-refractivity contribution in [3.8, 4) is 5.75 Å². The van der Waals surface area contributed by atoms with Crippen LogP contribution in [0, 0.1) is 17.6 Å². The number of nitrogens with zero attached hydrogens (tertiary/aromatic N) is 1. The minimum Gasteiger partial charge on any atom is -0.493 e. The quantitative estimate of drug-likeness (QED) is 0.535. The Hall–Kier alpha value is -3.16. The monoisotopic (exact) mass is 444 g/mol. The van der Waals surface area contributed by atoms with Gasteiger partial charge in [0, 0.05) is 24.8 Å². The number of nitrogen functional groups attached to an aromatic ring is 1. The van der Waals surface area contributed by atoms with Crippen LogP contribution in [0.25, 0.3) is 0 Å². The molecule has 1 aliphatic carbocycles. The number of hydrogen-bond donors (Lipinski definition) is 1. The van der Waals surface area contributed by atoms with Crippen LogP contribution in [0.3, 0.4) is 0 Å². The molecule has 2 aromatic carbocycles. The average molecular weight is 444 g/mol. The predicted octanol–water partition coefficient (Wildman–Crippen LogP) is 4.14. The molecule has 0 bridgehead atoms. The Morgan fingerprint density at radius 3 is 2.44 bits per heavy atom. The second-order valence-corrected chi connectivity index (χ2v) is 8.41. The van der Waals surface area contributed by atoms with Crippen LogP contribution in [0.1, 0.15) is 57.9 Å². The molecule has 0 spiro atoms. The van der Waals surface area contributed by atoms with E-state index in [0.29, 0.717) is 38.3 Å². The SMILES string of the molecule is COC(=O)c1cc(C2CC2)c(OCC2CCN(C(=O)c3cc(F)ccc3N)CC2)cc1F. The van der Waals surface area contributed by atoms with Gasteiger partial charge >= 0.3 is 5.97 Å². The number of carbonyl (C=O) groups is 2. The molecule has 170 valence electrons. The van der Waals surface area contributed by atoms with E-state index in [9.17, 15) is 18.4 Å². The summed E-state index contributed by atoms with van der Waals surface area (Å²) in [5, 5.41) is 0. The molecule has 0 aromatic heterocycles. The summed E-state index contributed by atoms with van der Waals surface area (Å²) in [6, 6.07) is 6.60. The Morgan fingerprint density at radius 2 is 1.78 bits per heavy atom. The molecule has 0 unspecified atom stereocenters. The van der Waals surface area contributed by atoms with Gasteiger partial charge in [0.2, 0.25) is 0 Å². The molecule has 2 aromatic rings. The van der Waals surface area contributed by atoms with Crippen LogP contribution < -0.4 is 10.5 Å². The number of anilines is 1. The third kappa shape index (κ3) is 4.69. The summed E-state index contributed by atoms with van der Waals surface area (Å²) in [5.74, 6) is -1.22. The van der Waals surface area contributed by atoms with Gasteiger partial charge in [-0.2, -0.15) is 0 Å². The van der Waals surface area contributed by atoms with Gasteiger partial charge in [0.05, 0.1) is 24.8 Å². The van der Waals surface area contributed by atoms with Gasteiger partial charge in [-0.3, -0.25) is 4.79 Å². The summed E-state index contributed by atoms with van der Waals surface area (Å²) in [6.45, 7) is 1.41. The Kier molecular flexibility index (Phi) is 6.30. The van der Waals surface area contributed by atoms with Gasteiger partial charge < -0.3 is 20.1 Å². The van der Waals surface area contributed by atoms with Crippen LogP contribution >= 0.6 is 0 Å². The van der Waals surface area contributed by atoms with Gasteiger partial charge in [-0.15, -0.1) is 0 Å². The summed E-state index contributed by atoms with van der Waals surface area (Å²) in [7, 11) is 1.22. The average Bonchev–Trinajstić information content (AvgIpc) is 3.64. The molecule has 2 N–H and O–H groups in total. The van der Waals surface area contributed by atoms with E-state index in [-0.39, 0.29) is 34.6 Å². The number of ether oxygens (including phenoxy) is 2. The lowest BCUT2D eigenvalue weighted by molar-refractivity contribution is 0.0593. The second-order valence-electron chi connectivity index (χ2n) is 8.41. The molecule has 2 aliphatic rings. The lowest BCUT2D eigenvalue weighted by Gasteiger charge is -2.32. The number of hydrogen-bond acceptors (Lipinski definition) is 5. The normalized spacial score (nSPS) is 16.7. The largest absolute Gasteiger partial charge is 0.493 e. The lowest BCUT2D eigenvalue weighted by atomic mass is 9.97. The van der Waals surface area contributed by atoms with E-state index in [1.807, 2.05) is 0 Å². The summed E-state index contributed by atoms with van der Waals surface area (Å²) >= 11 is 0. The summed E-state index contributed by atoms with van der Waals surface area (Å²) in [4.78, 5) is 26.2. The van der Waals surface area contributed by atoms with Gasteiger partial charge in [-0.25, -0.2) is 13.6 Å². The fourth-order valence-electron chi connectivity index (χ4n) is 4.07. The number of likely N-dealkylation sites (tertiary alicyclic amines) is 1. The maximum atomic E-state index is 14.4. The van der Waals surface area contributed by atoms with E-state index < -0.39 is 17.6 Å².